The zero-order chi connectivity index (χ0) is 14.5. The van der Waals surface area contributed by atoms with E-state index in [1.807, 2.05) is 0 Å². The zero-order valence-electron chi connectivity index (χ0n) is 10.0. The van der Waals surface area contributed by atoms with E-state index in [0.29, 0.717) is 5.56 Å². The molecule has 0 heterocycles. The summed E-state index contributed by atoms with van der Waals surface area (Å²) in [4.78, 5) is 11.2. The molecule has 0 aromatic heterocycles. The number of alkyl halides is 4. The number of carbonyl (C=O) groups is 1. The molecule has 0 saturated carbocycles. The molecule has 0 saturated heterocycles. The van der Waals surface area contributed by atoms with E-state index in [-0.39, 0.29) is 12.2 Å². The van der Waals surface area contributed by atoms with Gasteiger partial charge < -0.3 is 9.47 Å². The highest BCUT2D eigenvalue weighted by molar-refractivity contribution is 5.89. The van der Waals surface area contributed by atoms with Gasteiger partial charge in [-0.2, -0.15) is 8.78 Å². The topological polar surface area (TPSA) is 35.5 Å². The van der Waals surface area contributed by atoms with E-state index in [1.54, 1.807) is 0 Å². The lowest BCUT2D eigenvalue weighted by atomic mass is 10.1. The summed E-state index contributed by atoms with van der Waals surface area (Å²) >= 11 is 0. The highest BCUT2D eigenvalue weighted by Crippen LogP contribution is 2.23. The van der Waals surface area contributed by atoms with E-state index in [1.165, 1.54) is 31.4 Å². The maximum Gasteiger partial charge on any atom is 0.337 e. The summed E-state index contributed by atoms with van der Waals surface area (Å²) in [7, 11) is 1.20. The van der Waals surface area contributed by atoms with Gasteiger partial charge in [-0.25, -0.2) is 13.6 Å². The fraction of sp³-hybridized carbons (Fsp3) is 0.417. The summed E-state index contributed by atoms with van der Waals surface area (Å²) in [6, 6.07) is 5.89. The van der Waals surface area contributed by atoms with Gasteiger partial charge in [0.15, 0.2) is 0 Å². The minimum absolute atomic E-state index is 0.226. The molecule has 3 nitrogen and oxygen atoms in total. The standard InChI is InChI=1S/C12H12F4O3/c1-18-10(17)9-4-2-3-8(5-9)6-19-7-12(15,16)11(13)14/h2-5,11H,6-7H2,1H3. The maximum atomic E-state index is 12.6. The monoisotopic (exact) mass is 280 g/mol. The van der Waals surface area contributed by atoms with Crippen molar-refractivity contribution in [3.63, 3.8) is 0 Å². The molecule has 0 aliphatic heterocycles. The zero-order valence-corrected chi connectivity index (χ0v) is 10.0. The van der Waals surface area contributed by atoms with Gasteiger partial charge in [0, 0.05) is 0 Å². The summed E-state index contributed by atoms with van der Waals surface area (Å²) in [6.45, 7) is -1.68. The molecule has 0 aliphatic rings. The second kappa shape index (κ2) is 6.51. The van der Waals surface area contributed by atoms with Crippen LogP contribution in [-0.2, 0) is 16.1 Å². The Balaban J connectivity index is 2.57. The van der Waals surface area contributed by atoms with Gasteiger partial charge >= 0.3 is 18.3 Å². The number of hydrogen-bond donors (Lipinski definition) is 0. The molecule has 0 spiro atoms. The van der Waals surface area contributed by atoms with E-state index < -0.39 is 24.9 Å². The van der Waals surface area contributed by atoms with Gasteiger partial charge in [0.2, 0.25) is 0 Å². The lowest BCUT2D eigenvalue weighted by Crippen LogP contribution is -2.32. The van der Waals surface area contributed by atoms with E-state index in [4.69, 9.17) is 0 Å². The van der Waals surface area contributed by atoms with Gasteiger partial charge in [-0.3, -0.25) is 0 Å². The Labute approximate surface area is 107 Å². The first-order chi connectivity index (χ1) is 8.86. The molecule has 106 valence electrons. The van der Waals surface area contributed by atoms with Crippen molar-refractivity contribution in [3.05, 3.63) is 35.4 Å². The summed E-state index contributed by atoms with van der Waals surface area (Å²) in [6.07, 6.45) is -3.77. The van der Waals surface area contributed by atoms with Gasteiger partial charge in [-0.15, -0.1) is 0 Å². The van der Waals surface area contributed by atoms with Crippen LogP contribution in [0.3, 0.4) is 0 Å². The Morgan fingerprint density at radius 2 is 2.05 bits per heavy atom. The number of carbonyl (C=O) groups excluding carboxylic acids is 1. The number of rotatable bonds is 6. The number of ether oxygens (including phenoxy) is 2. The third-order valence-electron chi connectivity index (χ3n) is 2.23. The van der Waals surface area contributed by atoms with Crippen molar-refractivity contribution in [2.45, 2.75) is 19.0 Å². The van der Waals surface area contributed by atoms with Gasteiger partial charge in [0.05, 0.1) is 19.3 Å². The van der Waals surface area contributed by atoms with Crippen LogP contribution in [0.4, 0.5) is 17.6 Å². The lowest BCUT2D eigenvalue weighted by Gasteiger charge is -2.15. The van der Waals surface area contributed by atoms with Crippen molar-refractivity contribution in [3.8, 4) is 0 Å². The third-order valence-corrected chi connectivity index (χ3v) is 2.23. The van der Waals surface area contributed by atoms with E-state index in [9.17, 15) is 22.4 Å². The van der Waals surface area contributed by atoms with Crippen molar-refractivity contribution in [2.75, 3.05) is 13.7 Å². The van der Waals surface area contributed by atoms with Gasteiger partial charge in [-0.1, -0.05) is 12.1 Å². The molecule has 0 radical (unpaired) electrons. The molecule has 19 heavy (non-hydrogen) atoms. The molecule has 7 heteroatoms. The van der Waals surface area contributed by atoms with Gasteiger partial charge in [0.1, 0.15) is 6.61 Å². The average Bonchev–Trinajstić information content (AvgIpc) is 2.37. The van der Waals surface area contributed by atoms with E-state index >= 15 is 0 Å². The number of methoxy groups -OCH3 is 1. The maximum absolute atomic E-state index is 12.6. The minimum atomic E-state index is -4.18. The molecule has 1 aromatic carbocycles. The first-order valence-electron chi connectivity index (χ1n) is 5.28. The van der Waals surface area contributed by atoms with Crippen molar-refractivity contribution in [2.24, 2.45) is 0 Å². The molecule has 0 amide bonds. The van der Waals surface area contributed by atoms with Crippen LogP contribution in [0.2, 0.25) is 0 Å². The summed E-state index contributed by atoms with van der Waals surface area (Å²) in [5, 5.41) is 0. The molecule has 1 aromatic rings. The predicted molar refractivity (Wildman–Crippen MR) is 58.4 cm³/mol. The Morgan fingerprint density at radius 3 is 2.63 bits per heavy atom. The highest BCUT2D eigenvalue weighted by atomic mass is 19.3. The molecular weight excluding hydrogens is 268 g/mol. The molecule has 0 N–H and O–H groups in total. The quantitative estimate of drug-likeness (QED) is 0.593. The van der Waals surface area contributed by atoms with Gasteiger partial charge in [-0.05, 0) is 17.7 Å². The Kier molecular flexibility index (Phi) is 5.29. The second-order valence-electron chi connectivity index (χ2n) is 3.75. The lowest BCUT2D eigenvalue weighted by molar-refractivity contribution is -0.168. The fourth-order valence-electron chi connectivity index (χ4n) is 1.27. The first kappa shape index (κ1) is 15.4. The van der Waals surface area contributed by atoms with E-state index in [0.717, 1.165) is 0 Å². The Hall–Kier alpha value is -1.63. The highest BCUT2D eigenvalue weighted by Gasteiger charge is 2.40. The van der Waals surface area contributed by atoms with Gasteiger partial charge in [0.25, 0.3) is 0 Å². The van der Waals surface area contributed by atoms with Crippen LogP contribution < -0.4 is 0 Å². The van der Waals surface area contributed by atoms with Crippen molar-refractivity contribution < 1.29 is 31.8 Å². The first-order valence-corrected chi connectivity index (χ1v) is 5.28. The van der Waals surface area contributed by atoms with Crippen LogP contribution in [0, 0.1) is 0 Å². The molecule has 0 aliphatic carbocycles. The van der Waals surface area contributed by atoms with E-state index in [2.05, 4.69) is 9.47 Å². The number of benzene rings is 1. The fourth-order valence-corrected chi connectivity index (χ4v) is 1.27. The van der Waals surface area contributed by atoms with Crippen molar-refractivity contribution in [1.82, 2.24) is 0 Å². The number of halogens is 4. The summed E-state index contributed by atoms with van der Waals surface area (Å²) in [5.74, 6) is -4.76. The largest absolute Gasteiger partial charge is 0.465 e. The molecular formula is C12H12F4O3. The van der Waals surface area contributed by atoms with Crippen LogP contribution in [0.1, 0.15) is 15.9 Å². The van der Waals surface area contributed by atoms with Crippen molar-refractivity contribution in [1.29, 1.82) is 0 Å². The van der Waals surface area contributed by atoms with Crippen LogP contribution in [0.5, 0.6) is 0 Å². The normalized spacial score (nSPS) is 11.7. The molecule has 0 atom stereocenters. The van der Waals surface area contributed by atoms with Crippen molar-refractivity contribution >= 4 is 5.97 Å². The molecule has 1 rings (SSSR count). The smallest absolute Gasteiger partial charge is 0.337 e. The van der Waals surface area contributed by atoms with Crippen LogP contribution in [0.15, 0.2) is 24.3 Å². The summed E-state index contributed by atoms with van der Waals surface area (Å²) < 4.78 is 57.9. The Morgan fingerprint density at radius 1 is 1.37 bits per heavy atom. The SMILES string of the molecule is COC(=O)c1cccc(COCC(F)(F)C(F)F)c1. The molecule has 0 bridgehead atoms. The predicted octanol–water partition coefficient (Wildman–Crippen LogP) is 2.89. The van der Waals surface area contributed by atoms with Crippen LogP contribution >= 0.6 is 0 Å². The third kappa shape index (κ3) is 4.51. The number of esters is 1. The minimum Gasteiger partial charge on any atom is -0.465 e. The Bertz CT molecular complexity index is 435. The average molecular weight is 280 g/mol. The van der Waals surface area contributed by atoms with Crippen LogP contribution in [0.25, 0.3) is 0 Å². The molecule has 0 unspecified atom stereocenters. The van der Waals surface area contributed by atoms with Crippen LogP contribution in [-0.4, -0.2) is 32.0 Å². The summed E-state index contributed by atoms with van der Waals surface area (Å²) in [5.41, 5.74) is 0.636. The molecule has 0 fully saturated rings. The second-order valence-corrected chi connectivity index (χ2v) is 3.75. The number of hydrogen-bond acceptors (Lipinski definition) is 3.